The molecule has 27 heavy (non-hydrogen) atoms. The van der Waals surface area contributed by atoms with Crippen molar-refractivity contribution >= 4 is 23.2 Å². The van der Waals surface area contributed by atoms with Gasteiger partial charge in [-0.15, -0.1) is 0 Å². The molecule has 2 aromatic carbocycles. The van der Waals surface area contributed by atoms with Crippen molar-refractivity contribution in [3.8, 4) is 17.1 Å². The van der Waals surface area contributed by atoms with E-state index in [4.69, 9.17) is 26.6 Å². The summed E-state index contributed by atoms with van der Waals surface area (Å²) in [7, 11) is 1.61. The van der Waals surface area contributed by atoms with E-state index >= 15 is 0 Å². The number of hydrogen-bond donors (Lipinski definition) is 1. The Morgan fingerprint density at radius 3 is 2.63 bits per heavy atom. The lowest BCUT2D eigenvalue weighted by atomic mass is 10.2. The van der Waals surface area contributed by atoms with Crippen LogP contribution in [0, 0.1) is 0 Å². The standard InChI is InChI=1S/C19H19ClN4O3/c1-26-14-8-6-13(7-9-14)24(11-10-17(21)25)12-18-22-19(23-27-18)15-4-2-3-5-16(15)20/h2-9H,10-12H2,1H3,(H2,21,25). The summed E-state index contributed by atoms with van der Waals surface area (Å²) in [6, 6.07) is 14.8. The fourth-order valence-corrected chi connectivity index (χ4v) is 2.79. The number of benzene rings is 2. The number of carbonyl (C=O) groups excluding carboxylic acids is 1. The number of carbonyl (C=O) groups is 1. The van der Waals surface area contributed by atoms with Gasteiger partial charge in [-0.05, 0) is 36.4 Å². The van der Waals surface area contributed by atoms with E-state index in [0.29, 0.717) is 35.4 Å². The maximum Gasteiger partial charge on any atom is 0.246 e. The highest BCUT2D eigenvalue weighted by Gasteiger charge is 2.16. The quantitative estimate of drug-likeness (QED) is 0.638. The zero-order valence-corrected chi connectivity index (χ0v) is 15.5. The largest absolute Gasteiger partial charge is 0.497 e. The highest BCUT2D eigenvalue weighted by molar-refractivity contribution is 6.33. The second-order valence-corrected chi connectivity index (χ2v) is 6.23. The predicted molar refractivity (Wildman–Crippen MR) is 103 cm³/mol. The zero-order valence-electron chi connectivity index (χ0n) is 14.8. The van der Waals surface area contributed by atoms with Gasteiger partial charge in [0.2, 0.25) is 17.6 Å². The van der Waals surface area contributed by atoms with Crippen LogP contribution >= 0.6 is 11.6 Å². The molecule has 7 nitrogen and oxygen atoms in total. The Bertz CT molecular complexity index is 911. The van der Waals surface area contributed by atoms with Gasteiger partial charge in [0.15, 0.2) is 0 Å². The molecule has 3 rings (SSSR count). The van der Waals surface area contributed by atoms with Gasteiger partial charge in [-0.1, -0.05) is 28.9 Å². The molecule has 3 aromatic rings. The van der Waals surface area contributed by atoms with Crippen LogP contribution in [-0.2, 0) is 11.3 Å². The van der Waals surface area contributed by atoms with E-state index in [-0.39, 0.29) is 12.3 Å². The van der Waals surface area contributed by atoms with Gasteiger partial charge in [-0.25, -0.2) is 0 Å². The number of hydrogen-bond acceptors (Lipinski definition) is 6. The summed E-state index contributed by atoms with van der Waals surface area (Å²) in [5.41, 5.74) is 6.88. The maximum atomic E-state index is 11.2. The average Bonchev–Trinajstić information content (AvgIpc) is 3.14. The van der Waals surface area contributed by atoms with Crippen molar-refractivity contribution in [3.05, 3.63) is 59.4 Å². The van der Waals surface area contributed by atoms with Gasteiger partial charge in [0.05, 0.1) is 18.7 Å². The molecular formula is C19H19ClN4O3. The van der Waals surface area contributed by atoms with Crippen LogP contribution < -0.4 is 15.4 Å². The number of methoxy groups -OCH3 is 1. The second kappa shape index (κ2) is 8.55. The molecule has 0 saturated carbocycles. The van der Waals surface area contributed by atoms with Crippen LogP contribution in [0.25, 0.3) is 11.4 Å². The van der Waals surface area contributed by atoms with Crippen molar-refractivity contribution in [2.45, 2.75) is 13.0 Å². The summed E-state index contributed by atoms with van der Waals surface area (Å²) >= 11 is 6.19. The molecule has 2 N–H and O–H groups in total. The van der Waals surface area contributed by atoms with Crippen LogP contribution in [0.3, 0.4) is 0 Å². The minimum atomic E-state index is -0.379. The third-order valence-corrected chi connectivity index (χ3v) is 4.30. The number of halogens is 1. The van der Waals surface area contributed by atoms with Crippen LogP contribution in [0.2, 0.25) is 5.02 Å². The van der Waals surface area contributed by atoms with Crippen molar-refractivity contribution in [1.29, 1.82) is 0 Å². The number of nitrogens with zero attached hydrogens (tertiary/aromatic N) is 3. The third-order valence-electron chi connectivity index (χ3n) is 3.97. The molecule has 0 aliphatic carbocycles. The van der Waals surface area contributed by atoms with Crippen LogP contribution in [0.1, 0.15) is 12.3 Å². The van der Waals surface area contributed by atoms with E-state index in [9.17, 15) is 4.79 Å². The van der Waals surface area contributed by atoms with Crippen LogP contribution in [0.15, 0.2) is 53.1 Å². The Labute approximate surface area is 161 Å². The highest BCUT2D eigenvalue weighted by Crippen LogP contribution is 2.26. The van der Waals surface area contributed by atoms with E-state index in [1.54, 1.807) is 13.2 Å². The zero-order chi connectivity index (χ0) is 19.2. The Kier molecular flexibility index (Phi) is 5.93. The molecule has 1 heterocycles. The van der Waals surface area contributed by atoms with Crippen molar-refractivity contribution in [1.82, 2.24) is 10.1 Å². The second-order valence-electron chi connectivity index (χ2n) is 5.83. The van der Waals surface area contributed by atoms with Gasteiger partial charge >= 0.3 is 0 Å². The average molecular weight is 387 g/mol. The molecule has 0 saturated heterocycles. The lowest BCUT2D eigenvalue weighted by Crippen LogP contribution is -2.27. The molecule has 0 spiro atoms. The Balaban J connectivity index is 1.81. The van der Waals surface area contributed by atoms with Gasteiger partial charge in [0.25, 0.3) is 0 Å². The summed E-state index contributed by atoms with van der Waals surface area (Å²) in [6.07, 6.45) is 0.206. The lowest BCUT2D eigenvalue weighted by molar-refractivity contribution is -0.117. The first-order valence-electron chi connectivity index (χ1n) is 8.31. The van der Waals surface area contributed by atoms with E-state index in [0.717, 1.165) is 11.4 Å². The number of nitrogens with two attached hydrogens (primary N) is 1. The predicted octanol–water partition coefficient (Wildman–Crippen LogP) is 3.28. The molecule has 0 unspecified atom stereocenters. The molecule has 0 fully saturated rings. The van der Waals surface area contributed by atoms with E-state index in [2.05, 4.69) is 10.1 Å². The minimum Gasteiger partial charge on any atom is -0.497 e. The fourth-order valence-electron chi connectivity index (χ4n) is 2.57. The molecular weight excluding hydrogens is 368 g/mol. The van der Waals surface area contributed by atoms with E-state index < -0.39 is 0 Å². The maximum absolute atomic E-state index is 11.2. The van der Waals surface area contributed by atoms with Crippen LogP contribution in [-0.4, -0.2) is 29.7 Å². The molecule has 0 aliphatic heterocycles. The van der Waals surface area contributed by atoms with Crippen molar-refractivity contribution in [2.75, 3.05) is 18.6 Å². The lowest BCUT2D eigenvalue weighted by Gasteiger charge is -2.22. The minimum absolute atomic E-state index is 0.206. The number of ether oxygens (including phenoxy) is 1. The molecule has 1 amide bonds. The molecule has 140 valence electrons. The Morgan fingerprint density at radius 2 is 1.96 bits per heavy atom. The first kappa shape index (κ1) is 18.7. The molecule has 0 bridgehead atoms. The monoisotopic (exact) mass is 386 g/mol. The van der Waals surface area contributed by atoms with Gasteiger partial charge in [0, 0.05) is 24.2 Å². The van der Waals surface area contributed by atoms with Crippen molar-refractivity contribution in [2.24, 2.45) is 5.73 Å². The third kappa shape index (κ3) is 4.77. The molecule has 0 radical (unpaired) electrons. The highest BCUT2D eigenvalue weighted by atomic mass is 35.5. The summed E-state index contributed by atoms with van der Waals surface area (Å²) in [4.78, 5) is 17.6. The van der Waals surface area contributed by atoms with Gasteiger partial charge in [-0.2, -0.15) is 4.98 Å². The SMILES string of the molecule is COc1ccc(N(CCC(N)=O)Cc2nc(-c3ccccc3Cl)no2)cc1. The molecule has 1 aromatic heterocycles. The normalized spacial score (nSPS) is 10.6. The summed E-state index contributed by atoms with van der Waals surface area (Å²) in [6.45, 7) is 0.753. The smallest absolute Gasteiger partial charge is 0.246 e. The Hall–Kier alpha value is -3.06. The van der Waals surface area contributed by atoms with Crippen LogP contribution in [0.4, 0.5) is 5.69 Å². The van der Waals surface area contributed by atoms with Gasteiger partial charge in [-0.3, -0.25) is 4.79 Å². The number of rotatable bonds is 8. The molecule has 0 atom stereocenters. The van der Waals surface area contributed by atoms with Crippen molar-refractivity contribution in [3.63, 3.8) is 0 Å². The Morgan fingerprint density at radius 1 is 1.22 bits per heavy atom. The van der Waals surface area contributed by atoms with Gasteiger partial charge in [0.1, 0.15) is 5.75 Å². The van der Waals surface area contributed by atoms with E-state index in [1.807, 2.05) is 47.4 Å². The molecule has 0 aliphatic rings. The first-order valence-corrected chi connectivity index (χ1v) is 8.69. The van der Waals surface area contributed by atoms with Crippen LogP contribution in [0.5, 0.6) is 5.75 Å². The number of primary amides is 1. The summed E-state index contributed by atoms with van der Waals surface area (Å²) < 4.78 is 10.6. The number of amides is 1. The molecule has 8 heteroatoms. The summed E-state index contributed by atoms with van der Waals surface area (Å²) in [5, 5.41) is 4.55. The first-order chi connectivity index (χ1) is 13.1. The van der Waals surface area contributed by atoms with Crippen molar-refractivity contribution < 1.29 is 14.1 Å². The van der Waals surface area contributed by atoms with E-state index in [1.165, 1.54) is 0 Å². The fraction of sp³-hybridized carbons (Fsp3) is 0.211. The topological polar surface area (TPSA) is 94.5 Å². The summed E-state index contributed by atoms with van der Waals surface area (Å²) in [5.74, 6) is 1.19. The number of aromatic nitrogens is 2. The van der Waals surface area contributed by atoms with Gasteiger partial charge < -0.3 is 19.9 Å². The number of anilines is 1.